The molecule has 200 valence electrons. The molecule has 2 aromatic carbocycles. The predicted octanol–water partition coefficient (Wildman–Crippen LogP) is 5.65. The lowest BCUT2D eigenvalue weighted by molar-refractivity contribution is -0.137. The monoisotopic (exact) mass is 531 g/mol. The lowest BCUT2D eigenvalue weighted by atomic mass is 9.83. The SMILES string of the molecule is CC(=O)N[C@@H](C)c1cc(Cl)ccc1C1CCN(C(=O)[C@@H]2CC(N(C)C)CC2c2ccc(F)cc2F)CC1. The molecular weight excluding hydrogens is 496 g/mol. The van der Waals surface area contributed by atoms with E-state index >= 15 is 0 Å². The van der Waals surface area contributed by atoms with E-state index in [1.54, 1.807) is 0 Å². The van der Waals surface area contributed by atoms with Gasteiger partial charge in [0.25, 0.3) is 0 Å². The maximum atomic E-state index is 14.7. The zero-order chi connectivity index (χ0) is 26.9. The van der Waals surface area contributed by atoms with Gasteiger partial charge in [-0.25, -0.2) is 8.78 Å². The zero-order valence-corrected chi connectivity index (χ0v) is 22.7. The molecule has 8 heteroatoms. The molecular formula is C29H36ClF2N3O2. The molecule has 2 fully saturated rings. The zero-order valence-electron chi connectivity index (χ0n) is 21.9. The van der Waals surface area contributed by atoms with Crippen molar-refractivity contribution in [2.75, 3.05) is 27.2 Å². The van der Waals surface area contributed by atoms with E-state index in [0.29, 0.717) is 36.5 Å². The highest BCUT2D eigenvalue weighted by Crippen LogP contribution is 2.44. The Morgan fingerprint density at radius 1 is 1.05 bits per heavy atom. The maximum absolute atomic E-state index is 14.7. The van der Waals surface area contributed by atoms with Gasteiger partial charge in [0.05, 0.1) is 6.04 Å². The number of hydrogen-bond acceptors (Lipinski definition) is 3. The van der Waals surface area contributed by atoms with Crippen LogP contribution in [0.4, 0.5) is 8.78 Å². The molecule has 0 bridgehead atoms. The largest absolute Gasteiger partial charge is 0.350 e. The predicted molar refractivity (Wildman–Crippen MR) is 142 cm³/mol. The van der Waals surface area contributed by atoms with Crippen molar-refractivity contribution in [1.29, 1.82) is 0 Å². The van der Waals surface area contributed by atoms with E-state index in [2.05, 4.69) is 10.2 Å². The topological polar surface area (TPSA) is 52.7 Å². The summed E-state index contributed by atoms with van der Waals surface area (Å²) < 4.78 is 28.3. The highest BCUT2D eigenvalue weighted by molar-refractivity contribution is 6.30. The molecule has 4 atom stereocenters. The molecule has 1 heterocycles. The summed E-state index contributed by atoms with van der Waals surface area (Å²) in [5, 5.41) is 3.58. The van der Waals surface area contributed by atoms with Crippen LogP contribution >= 0.6 is 11.6 Å². The number of nitrogens with zero attached hydrogens (tertiary/aromatic N) is 2. The third-order valence-corrected chi connectivity index (χ3v) is 8.36. The van der Waals surface area contributed by atoms with Gasteiger partial charge in [0.1, 0.15) is 11.6 Å². The van der Waals surface area contributed by atoms with Gasteiger partial charge in [-0.2, -0.15) is 0 Å². The van der Waals surface area contributed by atoms with Crippen LogP contribution in [0.5, 0.6) is 0 Å². The molecule has 2 amide bonds. The van der Waals surface area contributed by atoms with Gasteiger partial charge in [0.2, 0.25) is 11.8 Å². The van der Waals surface area contributed by atoms with Crippen molar-refractivity contribution in [3.63, 3.8) is 0 Å². The smallest absolute Gasteiger partial charge is 0.226 e. The van der Waals surface area contributed by atoms with Gasteiger partial charge in [-0.1, -0.05) is 23.7 Å². The van der Waals surface area contributed by atoms with Gasteiger partial charge in [0.15, 0.2) is 0 Å². The van der Waals surface area contributed by atoms with Crippen molar-refractivity contribution in [2.24, 2.45) is 5.92 Å². The molecule has 0 spiro atoms. The molecule has 1 N–H and O–H groups in total. The van der Waals surface area contributed by atoms with Gasteiger partial charge in [-0.15, -0.1) is 0 Å². The van der Waals surface area contributed by atoms with Crippen LogP contribution in [0.1, 0.15) is 74.1 Å². The molecule has 2 aromatic rings. The molecule has 1 aliphatic heterocycles. The molecule has 37 heavy (non-hydrogen) atoms. The Kier molecular flexibility index (Phi) is 8.54. The molecule has 1 aliphatic carbocycles. The summed E-state index contributed by atoms with van der Waals surface area (Å²) in [6.45, 7) is 4.68. The van der Waals surface area contributed by atoms with Crippen LogP contribution in [-0.4, -0.2) is 54.8 Å². The first-order valence-electron chi connectivity index (χ1n) is 13.0. The fraction of sp³-hybridized carbons (Fsp3) is 0.517. The Morgan fingerprint density at radius 3 is 2.35 bits per heavy atom. The van der Waals surface area contributed by atoms with Gasteiger partial charge < -0.3 is 15.1 Å². The second-order valence-corrected chi connectivity index (χ2v) is 11.2. The summed E-state index contributed by atoms with van der Waals surface area (Å²) in [5.74, 6) is -1.60. The van der Waals surface area contributed by atoms with Crippen molar-refractivity contribution in [1.82, 2.24) is 15.1 Å². The van der Waals surface area contributed by atoms with Gasteiger partial charge in [-0.05, 0) is 93.4 Å². The fourth-order valence-electron chi connectivity index (χ4n) is 6.17. The van der Waals surface area contributed by atoms with Gasteiger partial charge in [0, 0.05) is 43.1 Å². The Morgan fingerprint density at radius 2 is 1.73 bits per heavy atom. The third-order valence-electron chi connectivity index (χ3n) is 8.13. The minimum atomic E-state index is -0.609. The minimum Gasteiger partial charge on any atom is -0.350 e. The van der Waals surface area contributed by atoms with Crippen molar-refractivity contribution < 1.29 is 18.4 Å². The number of piperidine rings is 1. The lowest BCUT2D eigenvalue weighted by Crippen LogP contribution is -2.42. The lowest BCUT2D eigenvalue weighted by Gasteiger charge is -2.36. The molecule has 4 rings (SSSR count). The number of nitrogens with one attached hydrogen (secondary N) is 1. The quantitative estimate of drug-likeness (QED) is 0.524. The van der Waals surface area contributed by atoms with Crippen LogP contribution in [0.15, 0.2) is 36.4 Å². The van der Waals surface area contributed by atoms with Crippen LogP contribution in [0.3, 0.4) is 0 Å². The maximum Gasteiger partial charge on any atom is 0.226 e. The van der Waals surface area contributed by atoms with Crippen LogP contribution in [0.25, 0.3) is 0 Å². The second kappa shape index (κ2) is 11.5. The minimum absolute atomic E-state index is 0.0551. The summed E-state index contributed by atoms with van der Waals surface area (Å²) in [4.78, 5) is 29.4. The summed E-state index contributed by atoms with van der Waals surface area (Å²) in [7, 11) is 3.96. The van der Waals surface area contributed by atoms with E-state index in [1.165, 1.54) is 19.1 Å². The van der Waals surface area contributed by atoms with Gasteiger partial charge >= 0.3 is 0 Å². The Bertz CT molecular complexity index is 1150. The highest BCUT2D eigenvalue weighted by Gasteiger charge is 2.43. The fourth-order valence-corrected chi connectivity index (χ4v) is 6.35. The normalized spacial score (nSPS) is 23.4. The Labute approximate surface area is 223 Å². The first-order chi connectivity index (χ1) is 17.5. The number of carbonyl (C=O) groups is 2. The highest BCUT2D eigenvalue weighted by atomic mass is 35.5. The van der Waals surface area contributed by atoms with Gasteiger partial charge in [-0.3, -0.25) is 9.59 Å². The van der Waals surface area contributed by atoms with Crippen LogP contribution in [0, 0.1) is 17.6 Å². The van der Waals surface area contributed by atoms with E-state index in [-0.39, 0.29) is 41.7 Å². The van der Waals surface area contributed by atoms with E-state index < -0.39 is 11.6 Å². The Balaban J connectivity index is 1.50. The molecule has 5 nitrogen and oxygen atoms in total. The summed E-state index contributed by atoms with van der Waals surface area (Å²) in [5.41, 5.74) is 2.58. The van der Waals surface area contributed by atoms with Crippen molar-refractivity contribution >= 4 is 23.4 Å². The summed E-state index contributed by atoms with van der Waals surface area (Å²) in [6.07, 6.45) is 2.92. The molecule has 1 saturated heterocycles. The average Bonchev–Trinajstić information content (AvgIpc) is 3.29. The van der Waals surface area contributed by atoms with Crippen LogP contribution < -0.4 is 5.32 Å². The summed E-state index contributed by atoms with van der Waals surface area (Å²) >= 11 is 6.28. The van der Waals surface area contributed by atoms with Crippen molar-refractivity contribution in [3.05, 3.63) is 69.7 Å². The number of benzene rings is 2. The number of amides is 2. The number of hydrogen-bond donors (Lipinski definition) is 1. The number of likely N-dealkylation sites (tertiary alicyclic amines) is 1. The second-order valence-electron chi connectivity index (χ2n) is 10.8. The Hall–Kier alpha value is -2.51. The molecule has 0 aromatic heterocycles. The average molecular weight is 532 g/mol. The van der Waals surface area contributed by atoms with E-state index in [4.69, 9.17) is 11.6 Å². The third kappa shape index (κ3) is 6.15. The number of rotatable bonds is 6. The standard InChI is InChI=1S/C29H36ClF2N3O2/c1-17(33-18(2)36)25-13-20(30)5-7-23(25)19-9-11-35(12-10-19)29(37)27-16-22(34(3)4)15-26(27)24-8-6-21(31)14-28(24)32/h5-8,13-14,17,19,22,26-27H,9-12,15-16H2,1-4H3,(H,33,36)/t17-,22?,26?,27+/m0/s1. The van der Waals surface area contributed by atoms with E-state index in [1.807, 2.05) is 44.1 Å². The first-order valence-corrected chi connectivity index (χ1v) is 13.4. The number of halogens is 3. The molecule has 2 aliphatic rings. The first kappa shape index (κ1) is 27.5. The van der Waals surface area contributed by atoms with Crippen molar-refractivity contribution in [2.45, 2.75) is 63.5 Å². The van der Waals surface area contributed by atoms with E-state index in [0.717, 1.165) is 30.0 Å². The molecule has 2 unspecified atom stereocenters. The number of carbonyl (C=O) groups excluding carboxylic acids is 2. The molecule has 1 saturated carbocycles. The van der Waals surface area contributed by atoms with Crippen LogP contribution in [0.2, 0.25) is 5.02 Å². The van der Waals surface area contributed by atoms with Crippen molar-refractivity contribution in [3.8, 4) is 0 Å². The summed E-state index contributed by atoms with van der Waals surface area (Å²) in [6, 6.07) is 9.50. The van der Waals surface area contributed by atoms with E-state index in [9.17, 15) is 18.4 Å². The molecule has 0 radical (unpaired) electrons. The van der Waals surface area contributed by atoms with Crippen LogP contribution in [-0.2, 0) is 9.59 Å².